The second-order valence-corrected chi connectivity index (χ2v) is 26.3. The monoisotopic (exact) mass is 1040 g/mol. The molecule has 0 aromatic carbocycles. The number of urea groups is 1. The Morgan fingerprint density at radius 1 is 0.818 bits per heavy atom. The van der Waals surface area contributed by atoms with E-state index in [2.05, 4.69) is 176 Å². The molecule has 3 aliphatic rings. The first-order chi connectivity index (χ1) is 24.2. The number of hydrogen-bond acceptors (Lipinski definition) is 3. The van der Waals surface area contributed by atoms with Crippen LogP contribution < -0.4 is 11.1 Å². The molecule has 310 valence electrons. The van der Waals surface area contributed by atoms with Crippen molar-refractivity contribution >= 4 is 26.3 Å². The number of rotatable bonds is 13. The number of carbonyl (C=O) groups excluding carboxylic acids is 1. The number of nitrogens with one attached hydrogen (secondary N) is 1. The third kappa shape index (κ3) is 12.8. The Labute approximate surface area is 359 Å². The molecule has 3 rings (SSSR count). The molecule has 7 heteroatoms. The van der Waals surface area contributed by atoms with Gasteiger partial charge < -0.3 is 0 Å². The van der Waals surface area contributed by atoms with Crippen LogP contribution >= 0.6 is 20.2 Å². The first-order valence-corrected chi connectivity index (χ1v) is 24.1. The summed E-state index contributed by atoms with van der Waals surface area (Å²) >= 11 is -2.41. The topological polar surface area (TPSA) is 84.6 Å². The number of ether oxygens (including phenoxy) is 1. The van der Waals surface area contributed by atoms with Gasteiger partial charge in [-0.2, -0.15) is 0 Å². The van der Waals surface area contributed by atoms with Gasteiger partial charge in [-0.15, -0.1) is 0 Å². The number of hydrogen-bond donors (Lipinski definition) is 3. The molecule has 0 aromatic heterocycles. The second-order valence-electron chi connectivity index (χ2n) is 21.5. The minimum Gasteiger partial charge on any atom is 0 e. The number of halogens is 1. The number of allylic oxidation sites excluding steroid dienone is 15. The second kappa shape index (κ2) is 17.0. The molecule has 5 nitrogen and oxygen atoms in total. The van der Waals surface area contributed by atoms with Gasteiger partial charge in [0.05, 0.1) is 0 Å². The van der Waals surface area contributed by atoms with Crippen molar-refractivity contribution in [1.29, 1.82) is 0 Å². The van der Waals surface area contributed by atoms with E-state index in [0.29, 0.717) is 6.42 Å². The Balaban J connectivity index is 0.0000105. The van der Waals surface area contributed by atoms with Gasteiger partial charge in [-0.1, -0.05) is 58.1 Å². The Morgan fingerprint density at radius 3 is 1.84 bits per heavy atom. The molecule has 1 atom stereocenters. The predicted octanol–water partition coefficient (Wildman–Crippen LogP) is 12.8. The van der Waals surface area contributed by atoms with Gasteiger partial charge in [0.2, 0.25) is 0 Å². The van der Waals surface area contributed by atoms with Crippen LogP contribution in [-0.2, 0) is 25.8 Å². The first kappa shape index (κ1) is 49.7. The fourth-order valence-electron chi connectivity index (χ4n) is 8.90. The summed E-state index contributed by atoms with van der Waals surface area (Å²) in [4.78, 5) is 13.8. The number of alkyl halides is 2. The van der Waals surface area contributed by atoms with Crippen LogP contribution in [0.5, 0.6) is 0 Å². The zero-order chi connectivity index (χ0) is 41.6. The maximum Gasteiger partial charge on any atom is 0 e. The van der Waals surface area contributed by atoms with Gasteiger partial charge in [0.15, 0.2) is 0 Å². The van der Waals surface area contributed by atoms with Crippen molar-refractivity contribution in [1.82, 2.24) is 5.32 Å². The van der Waals surface area contributed by atoms with E-state index in [1.165, 1.54) is 22.3 Å². The summed E-state index contributed by atoms with van der Waals surface area (Å²) in [6.45, 7) is 38.2. The molecule has 3 aliphatic carbocycles. The van der Waals surface area contributed by atoms with Crippen LogP contribution in [-0.4, -0.2) is 34.6 Å². The summed E-state index contributed by atoms with van der Waals surface area (Å²) in [5, 5.41) is 2.92. The van der Waals surface area contributed by atoms with Gasteiger partial charge in [-0.05, 0) is 18.3 Å². The van der Waals surface area contributed by atoms with E-state index in [9.17, 15) is 8.23 Å². The largest absolute Gasteiger partial charge is 0 e. The molecule has 0 aromatic rings. The maximum atomic E-state index is 11.8. The number of nitrogens with two attached hydrogens (primary N) is 1. The molecule has 1 unspecified atom stereocenters. The summed E-state index contributed by atoms with van der Waals surface area (Å²) in [5.74, 6) is 0. The molecular weight excluding hydrogens is 963 g/mol. The fraction of sp³-hybridized carbons (Fsp3) is 0.646. The van der Waals surface area contributed by atoms with Gasteiger partial charge in [-0.25, -0.2) is 0 Å². The van der Waals surface area contributed by atoms with Crippen LogP contribution in [0.4, 0.5) is 4.79 Å². The Hall–Kier alpha value is -1.47. The van der Waals surface area contributed by atoms with Crippen LogP contribution in [0.1, 0.15) is 143 Å². The smallest absolute Gasteiger partial charge is 0 e. The average molecular weight is 1040 g/mol. The van der Waals surface area contributed by atoms with Gasteiger partial charge in [0, 0.05) is 21.1 Å². The molecule has 0 bridgehead atoms. The Kier molecular flexibility index (Phi) is 15.4. The van der Waals surface area contributed by atoms with E-state index < -0.39 is 46.4 Å². The fourth-order valence-corrected chi connectivity index (χ4v) is 10.5. The van der Waals surface area contributed by atoms with Crippen molar-refractivity contribution in [2.45, 2.75) is 164 Å². The van der Waals surface area contributed by atoms with Crippen molar-refractivity contribution in [3.63, 3.8) is 0 Å². The third-order valence-electron chi connectivity index (χ3n) is 12.2. The molecular formula is C48H77IN2O3W. The summed E-state index contributed by atoms with van der Waals surface area (Å²) < 4.78 is 18.4. The van der Waals surface area contributed by atoms with E-state index >= 15 is 0 Å². The predicted molar refractivity (Wildman–Crippen MR) is 242 cm³/mol. The zero-order valence-corrected chi connectivity index (χ0v) is 42.9. The van der Waals surface area contributed by atoms with Gasteiger partial charge in [-0.3, -0.25) is 0 Å². The molecule has 0 saturated carbocycles. The molecule has 0 radical (unpaired) electrons. The van der Waals surface area contributed by atoms with Gasteiger partial charge >= 0.3 is 264 Å². The SMILES string of the molecule is CI(O)C1(C)C=C(C(C)(C)CC(C)(C)NC(N)=O)C=CC(C(C)(C)CC(C)(C)OC(C)(C)C(C)(C)C2=CC(C)(C)C=CC=C2C2=CC=CC(C)(C)CC2)=C1.[W]. The minimum absolute atomic E-state index is 0. The number of amides is 2. The molecule has 0 saturated heterocycles. The Morgan fingerprint density at radius 2 is 1.33 bits per heavy atom. The van der Waals surface area contributed by atoms with Crippen molar-refractivity contribution in [3.05, 3.63) is 94.7 Å². The van der Waals surface area contributed by atoms with Crippen molar-refractivity contribution in [2.75, 3.05) is 4.93 Å². The van der Waals surface area contributed by atoms with Crippen LogP contribution in [0.25, 0.3) is 0 Å². The normalized spacial score (nSPS) is 22.5. The van der Waals surface area contributed by atoms with Crippen molar-refractivity contribution in [3.8, 4) is 0 Å². The number of carbonyl (C=O) groups is 1. The molecule has 4 N–H and O–H groups in total. The molecule has 2 amide bonds. The van der Waals surface area contributed by atoms with E-state index in [1.807, 2.05) is 18.8 Å². The zero-order valence-electron chi connectivity index (χ0n) is 37.8. The van der Waals surface area contributed by atoms with Crippen molar-refractivity contribution < 1.29 is 34.0 Å². The molecule has 0 fully saturated rings. The molecule has 0 spiro atoms. The summed E-state index contributed by atoms with van der Waals surface area (Å²) in [6, 6.07) is -0.521. The quantitative estimate of drug-likeness (QED) is 0.127. The maximum absolute atomic E-state index is 11.8. The van der Waals surface area contributed by atoms with Gasteiger partial charge in [0.25, 0.3) is 0 Å². The van der Waals surface area contributed by atoms with E-state index in [0.717, 1.165) is 24.8 Å². The average Bonchev–Trinajstić information content (AvgIpc) is 3.33. The third-order valence-corrected chi connectivity index (χ3v) is 16.2. The van der Waals surface area contributed by atoms with E-state index in [4.69, 9.17) is 10.5 Å². The molecule has 55 heavy (non-hydrogen) atoms. The standard InChI is InChI=1S/C48H77IN2O3.W/c1-40(2)26-19-21-34(25-28-40)37-22-20-27-41(3,4)31-38(37)46(13,14)47(15,16)54-45(11,12)33-43(7,8)36-24-23-35(29-48(17,30-36)49(18)53)42(5,6)32-44(9,10)51-39(50)52;/h19-24,26-27,29-31,53H,25,28,32-33H2,1-18H3,(H3,50,51,52);. The van der Waals surface area contributed by atoms with Crippen molar-refractivity contribution in [2.24, 2.45) is 32.8 Å². The van der Waals surface area contributed by atoms with Gasteiger partial charge in [0.1, 0.15) is 0 Å². The van der Waals surface area contributed by atoms with Crippen LogP contribution in [0.3, 0.4) is 0 Å². The summed E-state index contributed by atoms with van der Waals surface area (Å²) in [6.07, 6.45) is 29.0. The molecule has 0 aliphatic heterocycles. The van der Waals surface area contributed by atoms with Crippen LogP contribution in [0, 0.1) is 27.1 Å². The Bertz CT molecular complexity index is 1690. The van der Waals surface area contributed by atoms with E-state index in [-0.39, 0.29) is 48.1 Å². The summed E-state index contributed by atoms with van der Waals surface area (Å²) in [5.41, 5.74) is 9.59. The van der Waals surface area contributed by atoms with Crippen LogP contribution in [0.2, 0.25) is 0 Å². The summed E-state index contributed by atoms with van der Waals surface area (Å²) in [7, 11) is 0. The van der Waals surface area contributed by atoms with E-state index in [1.54, 1.807) is 0 Å². The van der Waals surface area contributed by atoms with Crippen LogP contribution in [0.15, 0.2) is 94.7 Å². The first-order valence-electron chi connectivity index (χ1n) is 19.9. The number of primary amides is 1. The minimum atomic E-state index is -2.41. The molecule has 0 heterocycles.